The molecule has 9 nitrogen and oxygen atoms in total. The molecule has 1 fully saturated rings. The summed E-state index contributed by atoms with van der Waals surface area (Å²) in [5.41, 5.74) is -5.30. The summed E-state index contributed by atoms with van der Waals surface area (Å²) in [6, 6.07) is -0.262. The summed E-state index contributed by atoms with van der Waals surface area (Å²) < 4.78 is 66.7. The van der Waals surface area contributed by atoms with E-state index in [1.54, 1.807) is 14.1 Å². The molecule has 178 valence electrons. The lowest BCUT2D eigenvalue weighted by Crippen LogP contribution is -2.52. The fourth-order valence-electron chi connectivity index (χ4n) is 2.55. The Hall–Kier alpha value is -0.870. The van der Waals surface area contributed by atoms with Gasteiger partial charge >= 0.3 is 15.5 Å². The molecule has 0 aromatic carbocycles. The molecule has 0 radical (unpaired) electrons. The second-order valence-corrected chi connectivity index (χ2v) is 8.63. The maximum absolute atomic E-state index is 12.7. The average Bonchev–Trinajstić information content (AvgIpc) is 2.64. The predicted molar refractivity (Wildman–Crippen MR) is 118 cm³/mol. The van der Waals surface area contributed by atoms with E-state index in [-0.39, 0.29) is 68.4 Å². The van der Waals surface area contributed by atoms with Gasteiger partial charge in [0.15, 0.2) is 5.96 Å². The number of nitrogens with one attached hydrogen (secondary N) is 2. The molecule has 0 aromatic heterocycles. The summed E-state index contributed by atoms with van der Waals surface area (Å²) in [6.07, 6.45) is 1.09. The first-order chi connectivity index (χ1) is 13.5. The first-order valence-corrected chi connectivity index (χ1v) is 10.8. The van der Waals surface area contributed by atoms with E-state index in [9.17, 15) is 26.4 Å². The monoisotopic (exact) mass is 573 g/mol. The van der Waals surface area contributed by atoms with Crippen molar-refractivity contribution in [2.45, 2.75) is 37.7 Å². The Morgan fingerprint density at radius 1 is 1.27 bits per heavy atom. The van der Waals surface area contributed by atoms with Crippen molar-refractivity contribution < 1.29 is 31.1 Å². The van der Waals surface area contributed by atoms with Gasteiger partial charge in [0.05, 0.1) is 0 Å². The number of guanidine groups is 1. The summed E-state index contributed by atoms with van der Waals surface area (Å²) in [5.74, 6) is 0.153. The average molecular weight is 573 g/mol. The molecule has 0 aliphatic carbocycles. The molecule has 1 aliphatic rings. The molecule has 0 bridgehead atoms. The lowest BCUT2D eigenvalue weighted by atomic mass is 10.1. The Labute approximate surface area is 192 Å². The maximum Gasteiger partial charge on any atom is 0.511 e. The van der Waals surface area contributed by atoms with Crippen molar-refractivity contribution in [1.82, 2.24) is 19.8 Å². The maximum atomic E-state index is 12.7. The number of ether oxygens (including phenoxy) is 1. The van der Waals surface area contributed by atoms with Crippen molar-refractivity contribution in [1.29, 1.82) is 0 Å². The highest BCUT2D eigenvalue weighted by Crippen LogP contribution is 2.28. The number of hydrogen-bond acceptors (Lipinski definition) is 5. The van der Waals surface area contributed by atoms with Gasteiger partial charge in [-0.3, -0.25) is 4.79 Å². The quantitative estimate of drug-likeness (QED) is 0.185. The van der Waals surface area contributed by atoms with Crippen LogP contribution in [0.25, 0.3) is 0 Å². The smallest absolute Gasteiger partial charge is 0.382 e. The third-order valence-electron chi connectivity index (χ3n) is 4.26. The van der Waals surface area contributed by atoms with Gasteiger partial charge < -0.3 is 20.3 Å². The van der Waals surface area contributed by atoms with Gasteiger partial charge in [-0.15, -0.1) is 24.0 Å². The van der Waals surface area contributed by atoms with Crippen LogP contribution in [0, 0.1) is 0 Å². The van der Waals surface area contributed by atoms with Crippen molar-refractivity contribution >= 4 is 45.9 Å². The SMILES string of the molecule is CCOCCCNC(=NCC(=O)N(C)C)NC1CCN(S(=O)(=O)C(F)(F)F)CC1.I. The van der Waals surface area contributed by atoms with Gasteiger partial charge in [0, 0.05) is 53.0 Å². The Morgan fingerprint density at radius 2 is 1.87 bits per heavy atom. The van der Waals surface area contributed by atoms with Crippen molar-refractivity contribution in [3.8, 4) is 0 Å². The van der Waals surface area contributed by atoms with Gasteiger partial charge in [-0.2, -0.15) is 17.5 Å². The molecule has 1 aliphatic heterocycles. The second-order valence-electron chi connectivity index (χ2n) is 6.70. The van der Waals surface area contributed by atoms with E-state index >= 15 is 0 Å². The Bertz CT molecular complexity index is 654. The standard InChI is InChI=1S/C16H30F3N5O4S.HI/c1-4-28-11-5-8-20-15(21-12-14(25)23(2)3)22-13-6-9-24(10-7-13)29(26,27)16(17,18)19;/h13H,4-12H2,1-3H3,(H2,20,21,22);1H. The summed E-state index contributed by atoms with van der Waals surface area (Å²) in [7, 11) is -2.09. The van der Waals surface area contributed by atoms with Crippen LogP contribution in [0.15, 0.2) is 4.99 Å². The number of amides is 1. The number of hydrogen-bond donors (Lipinski definition) is 2. The number of nitrogens with zero attached hydrogens (tertiary/aromatic N) is 3. The van der Waals surface area contributed by atoms with Gasteiger partial charge in [0.25, 0.3) is 0 Å². The molecule has 0 saturated carbocycles. The zero-order chi connectivity index (χ0) is 22.1. The zero-order valence-corrected chi connectivity index (χ0v) is 20.5. The number of alkyl halides is 3. The molecule has 2 N–H and O–H groups in total. The number of piperidine rings is 1. The minimum Gasteiger partial charge on any atom is -0.382 e. The van der Waals surface area contributed by atoms with E-state index in [2.05, 4.69) is 15.6 Å². The lowest BCUT2D eigenvalue weighted by Gasteiger charge is -2.32. The van der Waals surface area contributed by atoms with Gasteiger partial charge in [-0.25, -0.2) is 13.4 Å². The van der Waals surface area contributed by atoms with Crippen LogP contribution in [0.4, 0.5) is 13.2 Å². The van der Waals surface area contributed by atoms with E-state index in [1.165, 1.54) is 4.90 Å². The third kappa shape index (κ3) is 9.51. The molecule has 0 aromatic rings. The number of sulfonamides is 1. The minimum absolute atomic E-state index is 0. The van der Waals surface area contributed by atoms with E-state index in [4.69, 9.17) is 4.74 Å². The highest BCUT2D eigenvalue weighted by Gasteiger charge is 2.50. The van der Waals surface area contributed by atoms with Crippen molar-refractivity contribution in [2.75, 3.05) is 53.5 Å². The zero-order valence-electron chi connectivity index (χ0n) is 17.4. The first-order valence-electron chi connectivity index (χ1n) is 9.38. The van der Waals surface area contributed by atoms with Crippen LogP contribution in [0.3, 0.4) is 0 Å². The van der Waals surface area contributed by atoms with E-state index < -0.39 is 15.5 Å². The number of carbonyl (C=O) groups excluding carboxylic acids is 1. The van der Waals surface area contributed by atoms with Crippen molar-refractivity contribution in [2.24, 2.45) is 4.99 Å². The molecular weight excluding hydrogens is 542 g/mol. The topological polar surface area (TPSA) is 103 Å². The van der Waals surface area contributed by atoms with Gasteiger partial charge in [0.2, 0.25) is 5.91 Å². The first kappa shape index (κ1) is 29.1. The molecule has 0 spiro atoms. The lowest BCUT2D eigenvalue weighted by molar-refractivity contribution is -0.127. The summed E-state index contributed by atoms with van der Waals surface area (Å²) in [4.78, 5) is 17.4. The highest BCUT2D eigenvalue weighted by atomic mass is 127. The number of aliphatic imine (C=N–C) groups is 1. The fraction of sp³-hybridized carbons (Fsp3) is 0.875. The van der Waals surface area contributed by atoms with Crippen LogP contribution in [0.5, 0.6) is 0 Å². The fourth-order valence-corrected chi connectivity index (χ4v) is 3.53. The second kappa shape index (κ2) is 13.5. The molecular formula is C16H31F3IN5O4S. The van der Waals surface area contributed by atoms with Gasteiger partial charge in [0.1, 0.15) is 6.54 Å². The number of carbonyl (C=O) groups is 1. The molecule has 14 heteroatoms. The van der Waals surface area contributed by atoms with Crippen LogP contribution in [0.1, 0.15) is 26.2 Å². The van der Waals surface area contributed by atoms with E-state index in [1.807, 2.05) is 6.92 Å². The van der Waals surface area contributed by atoms with E-state index in [0.717, 1.165) is 0 Å². The van der Waals surface area contributed by atoms with E-state index in [0.29, 0.717) is 36.4 Å². The Morgan fingerprint density at radius 3 is 2.37 bits per heavy atom. The van der Waals surface area contributed by atoms with Crippen LogP contribution < -0.4 is 10.6 Å². The predicted octanol–water partition coefficient (Wildman–Crippen LogP) is 0.968. The molecule has 0 unspecified atom stereocenters. The van der Waals surface area contributed by atoms with Crippen molar-refractivity contribution in [3.05, 3.63) is 0 Å². The molecule has 1 heterocycles. The number of likely N-dealkylation sites (N-methyl/N-ethyl adjacent to an activating group) is 1. The summed E-state index contributed by atoms with van der Waals surface area (Å²) in [5, 5.41) is 6.14. The molecule has 0 atom stereocenters. The van der Waals surface area contributed by atoms with Crippen LogP contribution in [-0.4, -0.2) is 94.5 Å². The Kier molecular flexibility index (Phi) is 13.1. The third-order valence-corrected chi connectivity index (χ3v) is 5.89. The molecule has 1 rings (SSSR count). The minimum atomic E-state index is -5.31. The Balaban J connectivity index is 0.00000841. The highest BCUT2D eigenvalue weighted by molar-refractivity contribution is 14.0. The number of rotatable bonds is 9. The molecule has 1 amide bonds. The van der Waals surface area contributed by atoms with Crippen LogP contribution in [-0.2, 0) is 19.6 Å². The molecule has 1 saturated heterocycles. The largest absolute Gasteiger partial charge is 0.511 e. The number of halogens is 4. The summed E-state index contributed by atoms with van der Waals surface area (Å²) in [6.45, 7) is 3.01. The van der Waals surface area contributed by atoms with Crippen LogP contribution in [0.2, 0.25) is 0 Å². The van der Waals surface area contributed by atoms with Crippen LogP contribution >= 0.6 is 24.0 Å². The summed E-state index contributed by atoms with van der Waals surface area (Å²) >= 11 is 0. The van der Waals surface area contributed by atoms with Crippen molar-refractivity contribution in [3.63, 3.8) is 0 Å². The normalized spacial score (nSPS) is 16.7. The van der Waals surface area contributed by atoms with Gasteiger partial charge in [-0.1, -0.05) is 0 Å². The van der Waals surface area contributed by atoms with Gasteiger partial charge in [-0.05, 0) is 26.2 Å². The molecule has 30 heavy (non-hydrogen) atoms.